The summed E-state index contributed by atoms with van der Waals surface area (Å²) < 4.78 is 33.7. The number of nitrogens with zero attached hydrogens (tertiary/aromatic N) is 4. The van der Waals surface area contributed by atoms with E-state index >= 15 is 0 Å². The van der Waals surface area contributed by atoms with Crippen LogP contribution in [0.25, 0.3) is 33.6 Å². The van der Waals surface area contributed by atoms with Crippen LogP contribution in [0.1, 0.15) is 64.3 Å². The number of carbonyl (C=O) groups excluding carboxylic acids is 4. The van der Waals surface area contributed by atoms with Crippen LogP contribution in [0, 0.1) is 11.8 Å². The van der Waals surface area contributed by atoms with Crippen LogP contribution in [0.2, 0.25) is 0 Å². The third-order valence-electron chi connectivity index (χ3n) is 12.1. The van der Waals surface area contributed by atoms with Crippen LogP contribution in [0.4, 0.5) is 9.59 Å². The van der Waals surface area contributed by atoms with E-state index in [0.717, 1.165) is 33.6 Å². The maximum absolute atomic E-state index is 14.0. The van der Waals surface area contributed by atoms with Crippen LogP contribution in [0.15, 0.2) is 60.9 Å². The molecular formula is C44H54N8O10. The van der Waals surface area contributed by atoms with Gasteiger partial charge in [-0.2, -0.15) is 0 Å². The van der Waals surface area contributed by atoms with Crippen molar-refractivity contribution in [3.05, 3.63) is 72.6 Å². The van der Waals surface area contributed by atoms with Crippen molar-refractivity contribution in [2.75, 3.05) is 53.7 Å². The number of H-pyrrole nitrogens is 2. The van der Waals surface area contributed by atoms with Crippen molar-refractivity contribution in [1.82, 2.24) is 40.4 Å². The number of aromatic amines is 2. The van der Waals surface area contributed by atoms with Crippen molar-refractivity contribution in [2.45, 2.75) is 76.3 Å². The second-order valence-corrected chi connectivity index (χ2v) is 16.8. The fourth-order valence-corrected chi connectivity index (χ4v) is 8.79. The molecule has 4 aromatic rings. The molecule has 4 N–H and O–H groups in total. The molecule has 0 radical (unpaired) electrons. The Morgan fingerprint density at radius 3 is 1.27 bits per heavy atom. The first-order chi connectivity index (χ1) is 29.8. The van der Waals surface area contributed by atoms with E-state index in [4.69, 9.17) is 38.4 Å². The van der Waals surface area contributed by atoms with Gasteiger partial charge in [0.25, 0.3) is 0 Å². The maximum atomic E-state index is 14.0. The van der Waals surface area contributed by atoms with Crippen molar-refractivity contribution in [2.24, 2.45) is 11.8 Å². The Bertz CT molecular complexity index is 2090. The molecule has 330 valence electrons. The highest BCUT2D eigenvalue weighted by atomic mass is 16.7. The Labute approximate surface area is 359 Å². The molecule has 0 saturated carbocycles. The standard InChI is InChI=1S/C44H54N8O10/c1-25(2)35(49-41(55)57-5)39(53)51-23-43(59-15-16-60-43)19-33(51)37-45-21-31(47-37)29-11-7-27(8-12-29)28-9-13-30(14-10-28)32-22-46-38(48-32)34-20-44(61-17-18-62-44)24-52(34)40(54)36(26(3)4)50-42(56)58-6/h7-14,21-22,25-26,33-36H,15-20,23-24H2,1-6H3,(H,45,47)(H,46,48)(H,49,55)(H,50,56)/t33-,34-,35-,36-/m0/s1. The predicted octanol–water partition coefficient (Wildman–Crippen LogP) is 4.93. The van der Waals surface area contributed by atoms with Gasteiger partial charge in [0.05, 0.1) is 89.6 Å². The minimum absolute atomic E-state index is 0.199. The molecule has 0 unspecified atom stereocenters. The van der Waals surface area contributed by atoms with Gasteiger partial charge in [-0.15, -0.1) is 0 Å². The van der Waals surface area contributed by atoms with E-state index < -0.39 is 47.9 Å². The molecule has 2 aromatic carbocycles. The Morgan fingerprint density at radius 2 is 0.952 bits per heavy atom. The zero-order valence-electron chi connectivity index (χ0n) is 35.8. The number of alkyl carbamates (subject to hydrolysis) is 2. The zero-order chi connectivity index (χ0) is 43.8. The van der Waals surface area contributed by atoms with E-state index in [9.17, 15) is 19.2 Å². The topological polar surface area (TPSA) is 212 Å². The van der Waals surface area contributed by atoms with Crippen LogP contribution in [-0.2, 0) is 38.0 Å². The second kappa shape index (κ2) is 17.5. The third-order valence-corrected chi connectivity index (χ3v) is 12.1. The average molecular weight is 855 g/mol. The van der Waals surface area contributed by atoms with Crippen LogP contribution < -0.4 is 10.6 Å². The van der Waals surface area contributed by atoms with Crippen molar-refractivity contribution in [1.29, 1.82) is 0 Å². The Kier molecular flexibility index (Phi) is 12.1. The van der Waals surface area contributed by atoms with Crippen molar-refractivity contribution in [3.8, 4) is 33.6 Å². The average Bonchev–Trinajstić information content (AvgIpc) is 4.15. The number of nitrogens with one attached hydrogen (secondary N) is 4. The van der Waals surface area contributed by atoms with Crippen LogP contribution in [0.5, 0.6) is 0 Å². The molecule has 4 atom stereocenters. The molecule has 18 heteroatoms. The van der Waals surface area contributed by atoms with Gasteiger partial charge in [0.2, 0.25) is 11.8 Å². The van der Waals surface area contributed by atoms with Gasteiger partial charge >= 0.3 is 12.2 Å². The van der Waals surface area contributed by atoms with Crippen molar-refractivity contribution >= 4 is 24.0 Å². The highest BCUT2D eigenvalue weighted by molar-refractivity contribution is 5.87. The Balaban J connectivity index is 0.965. The summed E-state index contributed by atoms with van der Waals surface area (Å²) in [6, 6.07) is 13.7. The number of methoxy groups -OCH3 is 2. The van der Waals surface area contributed by atoms with Crippen LogP contribution in [0.3, 0.4) is 0 Å². The normalized spacial score (nSPS) is 21.2. The molecular weight excluding hydrogens is 801 g/mol. The van der Waals surface area contributed by atoms with Gasteiger partial charge in [-0.1, -0.05) is 76.2 Å². The first kappa shape index (κ1) is 42.9. The SMILES string of the molecule is COC(=O)N[C@H](C(=O)N1CC2(C[C@H]1c1ncc(-c3ccc(-c4ccc(-c5cnc([C@@H]6CC7(CN6C(=O)[C@@H](NC(=O)OC)C(C)C)OCCO7)[nH]5)cc4)cc3)[nH]1)OCCO2)C(C)C. The number of amides is 4. The number of carbonyl (C=O) groups is 4. The summed E-state index contributed by atoms with van der Waals surface area (Å²) in [6.07, 6.45) is 2.93. The van der Waals surface area contributed by atoms with Crippen molar-refractivity contribution < 1.29 is 47.6 Å². The van der Waals surface area contributed by atoms with E-state index in [-0.39, 0.29) is 36.7 Å². The van der Waals surface area contributed by atoms with E-state index in [2.05, 4.69) is 20.6 Å². The van der Waals surface area contributed by atoms with Gasteiger partial charge in [0, 0.05) is 12.8 Å². The molecule has 4 amide bonds. The number of ether oxygens (including phenoxy) is 6. The molecule has 6 heterocycles. The summed E-state index contributed by atoms with van der Waals surface area (Å²) in [6.45, 7) is 9.60. The first-order valence-electron chi connectivity index (χ1n) is 21.0. The summed E-state index contributed by atoms with van der Waals surface area (Å²) in [5.74, 6) is -1.64. The lowest BCUT2D eigenvalue weighted by molar-refractivity contribution is -0.153. The fraction of sp³-hybridized carbons (Fsp3) is 0.500. The molecule has 4 aliphatic heterocycles. The Morgan fingerprint density at radius 1 is 0.613 bits per heavy atom. The first-order valence-corrected chi connectivity index (χ1v) is 21.0. The lowest BCUT2D eigenvalue weighted by Crippen LogP contribution is -2.52. The lowest BCUT2D eigenvalue weighted by Gasteiger charge is -2.30. The molecule has 8 rings (SSSR count). The summed E-state index contributed by atoms with van der Waals surface area (Å²) in [7, 11) is 2.53. The van der Waals surface area contributed by atoms with Gasteiger partial charge in [0.1, 0.15) is 23.7 Å². The fourth-order valence-electron chi connectivity index (χ4n) is 8.79. The van der Waals surface area contributed by atoms with E-state index in [1.165, 1.54) is 14.2 Å². The van der Waals surface area contributed by atoms with E-state index in [1.54, 1.807) is 22.2 Å². The van der Waals surface area contributed by atoms with Gasteiger partial charge < -0.3 is 58.8 Å². The minimum atomic E-state index is -0.944. The van der Waals surface area contributed by atoms with Gasteiger partial charge in [-0.25, -0.2) is 19.6 Å². The zero-order valence-corrected chi connectivity index (χ0v) is 35.8. The summed E-state index contributed by atoms with van der Waals surface area (Å²) >= 11 is 0. The lowest BCUT2D eigenvalue weighted by atomic mass is 10.0. The predicted molar refractivity (Wildman–Crippen MR) is 223 cm³/mol. The number of imidazole rings is 2. The van der Waals surface area contributed by atoms with E-state index in [1.807, 2.05) is 76.2 Å². The molecule has 0 bridgehead atoms. The number of likely N-dealkylation sites (tertiary alicyclic amines) is 2. The molecule has 4 fully saturated rings. The molecule has 2 aromatic heterocycles. The van der Waals surface area contributed by atoms with Gasteiger partial charge in [-0.05, 0) is 34.1 Å². The van der Waals surface area contributed by atoms with Gasteiger partial charge in [0.15, 0.2) is 11.6 Å². The Hall–Kier alpha value is -5.82. The molecule has 4 aliphatic rings. The molecule has 0 aliphatic carbocycles. The van der Waals surface area contributed by atoms with Crippen molar-refractivity contribution in [3.63, 3.8) is 0 Å². The second-order valence-electron chi connectivity index (χ2n) is 16.8. The minimum Gasteiger partial charge on any atom is -0.453 e. The summed E-state index contributed by atoms with van der Waals surface area (Å²) in [4.78, 5) is 71.9. The monoisotopic (exact) mass is 854 g/mol. The van der Waals surface area contributed by atoms with E-state index in [0.29, 0.717) is 50.9 Å². The third kappa shape index (κ3) is 8.51. The quantitative estimate of drug-likeness (QED) is 0.158. The molecule has 2 spiro atoms. The molecule has 62 heavy (non-hydrogen) atoms. The maximum Gasteiger partial charge on any atom is 0.407 e. The number of hydrogen-bond acceptors (Lipinski definition) is 12. The number of benzene rings is 2. The highest BCUT2D eigenvalue weighted by Crippen LogP contribution is 2.44. The molecule has 4 saturated heterocycles. The molecule has 18 nitrogen and oxygen atoms in total. The van der Waals surface area contributed by atoms with Crippen LogP contribution >= 0.6 is 0 Å². The number of rotatable bonds is 11. The highest BCUT2D eigenvalue weighted by Gasteiger charge is 2.54. The van der Waals surface area contributed by atoms with Gasteiger partial charge in [-0.3, -0.25) is 9.59 Å². The smallest absolute Gasteiger partial charge is 0.407 e. The summed E-state index contributed by atoms with van der Waals surface area (Å²) in [5, 5.41) is 5.38. The summed E-state index contributed by atoms with van der Waals surface area (Å²) in [5.41, 5.74) is 5.41. The number of aromatic nitrogens is 4. The number of hydrogen-bond donors (Lipinski definition) is 4. The van der Waals surface area contributed by atoms with Crippen LogP contribution in [-0.4, -0.2) is 131 Å². The largest absolute Gasteiger partial charge is 0.453 e.